The molecule has 0 saturated carbocycles. The molecule has 0 radical (unpaired) electrons. The summed E-state index contributed by atoms with van der Waals surface area (Å²) in [5.41, 5.74) is 4.82. The lowest BCUT2D eigenvalue weighted by Gasteiger charge is -2.29. The van der Waals surface area contributed by atoms with Gasteiger partial charge in [-0.25, -0.2) is 4.68 Å². The minimum Gasteiger partial charge on any atom is -0.493 e. The number of fused-ring (bicyclic) bond motifs is 1. The van der Waals surface area contributed by atoms with Crippen molar-refractivity contribution in [3.05, 3.63) is 106 Å². The number of aromatic nitrogens is 3. The third kappa shape index (κ3) is 5.15. The molecular weight excluding hydrogens is 490 g/mol. The lowest BCUT2D eigenvalue weighted by Crippen LogP contribution is -2.31. The Kier molecular flexibility index (Phi) is 6.83. The highest BCUT2D eigenvalue weighted by molar-refractivity contribution is 6.30. The Bertz CT molecular complexity index is 1460. The number of carbonyl (C=O) groups excluding carboxylic acids is 1. The van der Waals surface area contributed by atoms with Gasteiger partial charge in [-0.05, 0) is 61.4 Å². The predicted molar refractivity (Wildman–Crippen MR) is 143 cm³/mol. The molecule has 0 saturated heterocycles. The highest BCUT2D eigenvalue weighted by Gasteiger charge is 2.34. The van der Waals surface area contributed by atoms with Gasteiger partial charge in [-0.15, -0.1) is 0 Å². The fourth-order valence-electron chi connectivity index (χ4n) is 4.24. The van der Waals surface area contributed by atoms with Crippen molar-refractivity contribution in [1.82, 2.24) is 14.8 Å². The second-order valence-electron chi connectivity index (χ2n) is 8.74. The number of amides is 1. The number of nitrogens with zero attached hydrogens (tertiary/aromatic N) is 3. The van der Waals surface area contributed by atoms with Crippen molar-refractivity contribution in [3.63, 3.8) is 0 Å². The molecule has 9 heteroatoms. The van der Waals surface area contributed by atoms with Gasteiger partial charge in [0.25, 0.3) is 5.91 Å². The summed E-state index contributed by atoms with van der Waals surface area (Å²) >= 11 is 5.98. The zero-order chi connectivity index (χ0) is 25.9. The van der Waals surface area contributed by atoms with E-state index in [4.69, 9.17) is 21.1 Å². The molecule has 1 aromatic heterocycles. The van der Waals surface area contributed by atoms with Crippen LogP contribution in [0.1, 0.15) is 29.7 Å². The number of aryl methyl sites for hydroxylation is 1. The molecule has 8 nitrogen and oxygen atoms in total. The topological polar surface area (TPSA) is 90.3 Å². The minimum absolute atomic E-state index is 0.234. The normalized spacial score (nSPS) is 14.5. The van der Waals surface area contributed by atoms with Gasteiger partial charge in [0.05, 0.1) is 12.7 Å². The first-order valence-corrected chi connectivity index (χ1v) is 12.1. The molecule has 5 rings (SSSR count). The first kappa shape index (κ1) is 24.4. The monoisotopic (exact) mass is 515 g/mol. The number of benzene rings is 3. The summed E-state index contributed by atoms with van der Waals surface area (Å²) in [6.07, 6.45) is 1.46. The van der Waals surface area contributed by atoms with E-state index in [0.29, 0.717) is 46.0 Å². The van der Waals surface area contributed by atoms with Crippen molar-refractivity contribution < 1.29 is 14.3 Å². The summed E-state index contributed by atoms with van der Waals surface area (Å²) in [7, 11) is 1.59. The lowest BCUT2D eigenvalue weighted by atomic mass is 9.94. The van der Waals surface area contributed by atoms with Gasteiger partial charge in [0.1, 0.15) is 19.0 Å². The predicted octanol–water partition coefficient (Wildman–Crippen LogP) is 5.76. The van der Waals surface area contributed by atoms with E-state index in [1.165, 1.54) is 6.33 Å². The zero-order valence-corrected chi connectivity index (χ0v) is 21.4. The smallest absolute Gasteiger partial charge is 0.255 e. The number of hydrogen-bond acceptors (Lipinski definition) is 6. The molecule has 4 aromatic rings. The van der Waals surface area contributed by atoms with Crippen LogP contribution in [0.4, 0.5) is 11.6 Å². The molecule has 2 N–H and O–H groups in total. The summed E-state index contributed by atoms with van der Waals surface area (Å²) in [6, 6.07) is 20.2. The number of allylic oxidation sites excluding steroid dienone is 1. The molecule has 1 amide bonds. The third-order valence-electron chi connectivity index (χ3n) is 6.16. The van der Waals surface area contributed by atoms with Gasteiger partial charge in [-0.2, -0.15) is 10.1 Å². The number of hydrogen-bond donors (Lipinski definition) is 2. The Balaban J connectivity index is 1.46. The van der Waals surface area contributed by atoms with E-state index in [1.807, 2.05) is 80.6 Å². The molecule has 188 valence electrons. The van der Waals surface area contributed by atoms with E-state index >= 15 is 0 Å². The van der Waals surface area contributed by atoms with E-state index in [1.54, 1.807) is 11.8 Å². The van der Waals surface area contributed by atoms with E-state index < -0.39 is 6.04 Å². The number of anilines is 2. The lowest BCUT2D eigenvalue weighted by molar-refractivity contribution is -0.113. The van der Waals surface area contributed by atoms with Crippen molar-refractivity contribution in [3.8, 4) is 11.5 Å². The van der Waals surface area contributed by atoms with Crippen LogP contribution in [0.2, 0.25) is 5.02 Å². The van der Waals surface area contributed by atoms with Gasteiger partial charge in [0.2, 0.25) is 5.95 Å². The first-order chi connectivity index (χ1) is 17.9. The van der Waals surface area contributed by atoms with Crippen LogP contribution >= 0.6 is 11.6 Å². The van der Waals surface area contributed by atoms with E-state index in [-0.39, 0.29) is 5.91 Å². The van der Waals surface area contributed by atoms with Gasteiger partial charge < -0.3 is 20.1 Å². The summed E-state index contributed by atoms with van der Waals surface area (Å²) in [5.74, 6) is 1.45. The highest BCUT2D eigenvalue weighted by atomic mass is 35.5. The number of nitrogens with one attached hydrogen (secondary N) is 2. The number of rotatable bonds is 7. The number of carbonyl (C=O) groups is 1. The summed E-state index contributed by atoms with van der Waals surface area (Å²) < 4.78 is 13.4. The molecular formula is C28H26ClN5O3. The molecule has 3 aromatic carbocycles. The van der Waals surface area contributed by atoms with Crippen molar-refractivity contribution in [1.29, 1.82) is 0 Å². The second-order valence-corrected chi connectivity index (χ2v) is 9.18. The van der Waals surface area contributed by atoms with Crippen LogP contribution in [-0.4, -0.2) is 27.8 Å². The Morgan fingerprint density at radius 2 is 1.81 bits per heavy atom. The van der Waals surface area contributed by atoms with Crippen molar-refractivity contribution in [2.24, 2.45) is 0 Å². The van der Waals surface area contributed by atoms with Gasteiger partial charge in [0.15, 0.2) is 11.5 Å². The molecule has 1 aliphatic heterocycles. The molecule has 0 fully saturated rings. The minimum atomic E-state index is -0.525. The van der Waals surface area contributed by atoms with Crippen LogP contribution in [0.3, 0.4) is 0 Å². The standard InChI is InChI=1S/C28H26ClN5O3/c1-17-4-11-22(12-5-17)33-27(35)25-18(2)32-28-30-16-31-34(28)26(25)20-8-13-23(24(14-20)36-3)37-15-19-6-9-21(29)10-7-19/h4-14,16,26H,15H2,1-3H3,(H,33,35)(H,30,31,32). The van der Waals surface area contributed by atoms with Crippen LogP contribution < -0.4 is 20.1 Å². The number of halogens is 1. The SMILES string of the molecule is COc1cc(C2C(C(=O)Nc3ccc(C)cc3)=C(C)Nc3ncnn32)ccc1OCc1ccc(Cl)cc1. The van der Waals surface area contributed by atoms with Crippen LogP contribution in [0.5, 0.6) is 11.5 Å². The third-order valence-corrected chi connectivity index (χ3v) is 6.41. The van der Waals surface area contributed by atoms with E-state index in [9.17, 15) is 4.79 Å². The maximum atomic E-state index is 13.5. The van der Waals surface area contributed by atoms with Crippen molar-refractivity contribution in [2.45, 2.75) is 26.5 Å². The molecule has 0 aliphatic carbocycles. The fraction of sp³-hybridized carbons (Fsp3) is 0.179. The second kappa shape index (κ2) is 10.4. The average Bonchev–Trinajstić information content (AvgIpc) is 3.37. The zero-order valence-electron chi connectivity index (χ0n) is 20.7. The Morgan fingerprint density at radius 1 is 1.05 bits per heavy atom. The van der Waals surface area contributed by atoms with Crippen LogP contribution in [0, 0.1) is 6.92 Å². The van der Waals surface area contributed by atoms with E-state index in [0.717, 1.165) is 16.7 Å². The fourth-order valence-corrected chi connectivity index (χ4v) is 4.37. The van der Waals surface area contributed by atoms with E-state index in [2.05, 4.69) is 20.7 Å². The molecule has 0 bridgehead atoms. The summed E-state index contributed by atoms with van der Waals surface area (Å²) in [6.45, 7) is 4.22. The first-order valence-electron chi connectivity index (χ1n) is 11.7. The van der Waals surface area contributed by atoms with Gasteiger partial charge >= 0.3 is 0 Å². The Hall–Kier alpha value is -4.30. The maximum Gasteiger partial charge on any atom is 0.255 e. The Labute approximate surface area is 219 Å². The molecule has 1 unspecified atom stereocenters. The molecule has 37 heavy (non-hydrogen) atoms. The van der Waals surface area contributed by atoms with Crippen molar-refractivity contribution >= 4 is 29.1 Å². The summed E-state index contributed by atoms with van der Waals surface area (Å²) in [4.78, 5) is 17.9. The summed E-state index contributed by atoms with van der Waals surface area (Å²) in [5, 5.41) is 11.3. The molecule has 1 aliphatic rings. The van der Waals surface area contributed by atoms with Crippen molar-refractivity contribution in [2.75, 3.05) is 17.7 Å². The largest absolute Gasteiger partial charge is 0.493 e. The molecule has 0 spiro atoms. The van der Waals surface area contributed by atoms with Gasteiger partial charge in [-0.3, -0.25) is 4.79 Å². The van der Waals surface area contributed by atoms with Gasteiger partial charge in [-0.1, -0.05) is 47.5 Å². The molecule has 1 atom stereocenters. The van der Waals surface area contributed by atoms with Crippen LogP contribution in [-0.2, 0) is 11.4 Å². The highest BCUT2D eigenvalue weighted by Crippen LogP contribution is 2.39. The van der Waals surface area contributed by atoms with Gasteiger partial charge in [0, 0.05) is 16.4 Å². The maximum absolute atomic E-state index is 13.5. The average molecular weight is 516 g/mol. The Morgan fingerprint density at radius 3 is 2.54 bits per heavy atom. The number of ether oxygens (including phenoxy) is 2. The van der Waals surface area contributed by atoms with Crippen LogP contribution in [0.15, 0.2) is 84.3 Å². The van der Waals surface area contributed by atoms with Crippen LogP contribution in [0.25, 0.3) is 0 Å². The quantitative estimate of drug-likeness (QED) is 0.325. The molecule has 2 heterocycles. The number of methoxy groups -OCH3 is 1.